The van der Waals surface area contributed by atoms with Crippen molar-refractivity contribution in [3.05, 3.63) is 33.8 Å². The van der Waals surface area contributed by atoms with Crippen LogP contribution in [0.15, 0.2) is 22.7 Å². The Bertz CT molecular complexity index is 487. The SMILES string of the molecule is COC(=O)[C@H](C)N1Cc2cc(Br)ccc2C1=O. The summed E-state index contributed by atoms with van der Waals surface area (Å²) in [6.07, 6.45) is 0. The Hall–Kier alpha value is -1.36. The Morgan fingerprint density at radius 1 is 1.53 bits per heavy atom. The van der Waals surface area contributed by atoms with Crippen LogP contribution in [0.25, 0.3) is 0 Å². The summed E-state index contributed by atoms with van der Waals surface area (Å²) in [5.74, 6) is -0.518. The summed E-state index contributed by atoms with van der Waals surface area (Å²) in [6, 6.07) is 4.94. The number of nitrogens with zero attached hydrogens (tertiary/aromatic N) is 1. The fraction of sp³-hybridized carbons (Fsp3) is 0.333. The van der Waals surface area contributed by atoms with Gasteiger partial charge in [-0.3, -0.25) is 4.79 Å². The minimum atomic E-state index is -0.557. The number of hydrogen-bond acceptors (Lipinski definition) is 3. The lowest BCUT2D eigenvalue weighted by molar-refractivity contribution is -0.145. The van der Waals surface area contributed by atoms with Crippen molar-refractivity contribution >= 4 is 27.8 Å². The largest absolute Gasteiger partial charge is 0.467 e. The summed E-state index contributed by atoms with van der Waals surface area (Å²) >= 11 is 3.36. The van der Waals surface area contributed by atoms with Gasteiger partial charge in [0.25, 0.3) is 5.91 Å². The normalized spacial score (nSPS) is 15.7. The van der Waals surface area contributed by atoms with Crippen LogP contribution in [0.4, 0.5) is 0 Å². The Morgan fingerprint density at radius 3 is 2.88 bits per heavy atom. The summed E-state index contributed by atoms with van der Waals surface area (Å²) in [7, 11) is 1.32. The molecule has 2 rings (SSSR count). The highest BCUT2D eigenvalue weighted by Gasteiger charge is 2.34. The maximum absolute atomic E-state index is 12.1. The Morgan fingerprint density at radius 2 is 2.24 bits per heavy atom. The number of halogens is 1. The van der Waals surface area contributed by atoms with Crippen LogP contribution in [-0.2, 0) is 16.1 Å². The van der Waals surface area contributed by atoms with Gasteiger partial charge in [0.05, 0.1) is 7.11 Å². The summed E-state index contributed by atoms with van der Waals surface area (Å²) in [4.78, 5) is 25.0. The molecule has 0 bridgehead atoms. The van der Waals surface area contributed by atoms with Crippen LogP contribution in [0.1, 0.15) is 22.8 Å². The first-order valence-corrected chi connectivity index (χ1v) is 6.01. The third kappa shape index (κ3) is 2.07. The van der Waals surface area contributed by atoms with Crippen molar-refractivity contribution in [2.45, 2.75) is 19.5 Å². The zero-order chi connectivity index (χ0) is 12.6. The maximum Gasteiger partial charge on any atom is 0.328 e. The number of carbonyl (C=O) groups is 2. The summed E-state index contributed by atoms with van der Waals surface area (Å²) in [6.45, 7) is 2.12. The first-order chi connectivity index (χ1) is 8.04. The van der Waals surface area contributed by atoms with E-state index < -0.39 is 12.0 Å². The maximum atomic E-state index is 12.1. The van der Waals surface area contributed by atoms with Crippen molar-refractivity contribution in [1.29, 1.82) is 0 Å². The van der Waals surface area contributed by atoms with E-state index >= 15 is 0 Å². The van der Waals surface area contributed by atoms with Crippen LogP contribution in [0.3, 0.4) is 0 Å². The fourth-order valence-corrected chi connectivity index (χ4v) is 2.33. The minimum Gasteiger partial charge on any atom is -0.467 e. The molecule has 1 aliphatic heterocycles. The molecular weight excluding hydrogens is 286 g/mol. The number of ether oxygens (including phenoxy) is 1. The third-order valence-corrected chi connectivity index (χ3v) is 3.40. The van der Waals surface area contributed by atoms with Gasteiger partial charge in [0.15, 0.2) is 0 Å². The van der Waals surface area contributed by atoms with Crippen molar-refractivity contribution in [2.75, 3.05) is 7.11 Å². The number of esters is 1. The number of benzene rings is 1. The molecule has 90 valence electrons. The molecule has 0 N–H and O–H groups in total. The fourth-order valence-electron chi connectivity index (χ4n) is 1.92. The van der Waals surface area contributed by atoms with Crippen molar-refractivity contribution in [1.82, 2.24) is 4.90 Å². The highest BCUT2D eigenvalue weighted by molar-refractivity contribution is 9.10. The van der Waals surface area contributed by atoms with Crippen LogP contribution in [-0.4, -0.2) is 29.9 Å². The molecule has 1 amide bonds. The average molecular weight is 298 g/mol. The number of hydrogen-bond donors (Lipinski definition) is 0. The molecule has 0 fully saturated rings. The lowest BCUT2D eigenvalue weighted by Gasteiger charge is -2.21. The van der Waals surface area contributed by atoms with Crippen molar-refractivity contribution in [2.24, 2.45) is 0 Å². The van der Waals surface area contributed by atoms with Gasteiger partial charge in [-0.2, -0.15) is 0 Å². The zero-order valence-corrected chi connectivity index (χ0v) is 11.2. The number of fused-ring (bicyclic) bond motifs is 1. The smallest absolute Gasteiger partial charge is 0.328 e. The molecule has 0 unspecified atom stereocenters. The molecule has 4 nitrogen and oxygen atoms in total. The Kier molecular flexibility index (Phi) is 3.19. The second-order valence-corrected chi connectivity index (χ2v) is 4.85. The molecule has 1 aromatic rings. The van der Waals surface area contributed by atoms with E-state index in [1.165, 1.54) is 12.0 Å². The Labute approximate surface area is 108 Å². The third-order valence-electron chi connectivity index (χ3n) is 2.91. The molecular formula is C12H12BrNO3. The van der Waals surface area contributed by atoms with Crippen molar-refractivity contribution < 1.29 is 14.3 Å². The standard InChI is InChI=1S/C12H12BrNO3/c1-7(12(16)17-2)14-6-8-5-9(13)3-4-10(8)11(14)15/h3-5,7H,6H2,1-2H3/t7-/m0/s1. The van der Waals surface area contributed by atoms with Gasteiger partial charge in [-0.1, -0.05) is 15.9 Å². The highest BCUT2D eigenvalue weighted by Crippen LogP contribution is 2.27. The first-order valence-electron chi connectivity index (χ1n) is 5.22. The molecule has 1 atom stereocenters. The van der Waals surface area contributed by atoms with Crippen molar-refractivity contribution in [3.63, 3.8) is 0 Å². The van der Waals surface area contributed by atoms with Crippen LogP contribution in [0.5, 0.6) is 0 Å². The highest BCUT2D eigenvalue weighted by atomic mass is 79.9. The van der Waals surface area contributed by atoms with E-state index in [0.29, 0.717) is 12.1 Å². The van der Waals surface area contributed by atoms with Gasteiger partial charge in [-0.25, -0.2) is 4.79 Å². The van der Waals surface area contributed by atoms with Crippen LogP contribution >= 0.6 is 15.9 Å². The van der Waals surface area contributed by atoms with Gasteiger partial charge in [0.1, 0.15) is 6.04 Å². The van der Waals surface area contributed by atoms with Crippen LogP contribution < -0.4 is 0 Å². The monoisotopic (exact) mass is 297 g/mol. The van der Waals surface area contributed by atoms with Gasteiger partial charge in [-0.05, 0) is 30.7 Å². The van der Waals surface area contributed by atoms with E-state index in [2.05, 4.69) is 20.7 Å². The van der Waals surface area contributed by atoms with Gasteiger partial charge in [-0.15, -0.1) is 0 Å². The average Bonchev–Trinajstić information content (AvgIpc) is 2.64. The van der Waals surface area contributed by atoms with Gasteiger partial charge >= 0.3 is 5.97 Å². The summed E-state index contributed by atoms with van der Waals surface area (Å²) in [5, 5.41) is 0. The van der Waals surface area contributed by atoms with Crippen LogP contribution in [0, 0.1) is 0 Å². The van der Waals surface area contributed by atoms with Gasteiger partial charge in [0, 0.05) is 16.6 Å². The predicted octanol–water partition coefficient (Wildman–Crippen LogP) is 1.97. The number of amides is 1. The quantitative estimate of drug-likeness (QED) is 0.784. The van der Waals surface area contributed by atoms with Crippen molar-refractivity contribution in [3.8, 4) is 0 Å². The molecule has 1 aromatic carbocycles. The van der Waals surface area contributed by atoms with Crippen LogP contribution in [0.2, 0.25) is 0 Å². The molecule has 1 aliphatic rings. The molecule has 0 aromatic heterocycles. The van der Waals surface area contributed by atoms with E-state index in [0.717, 1.165) is 10.0 Å². The molecule has 0 radical (unpaired) electrons. The predicted molar refractivity (Wildman–Crippen MR) is 65.5 cm³/mol. The molecule has 0 saturated carbocycles. The van der Waals surface area contributed by atoms with Gasteiger partial charge < -0.3 is 9.64 Å². The molecule has 0 aliphatic carbocycles. The number of rotatable bonds is 2. The van der Waals surface area contributed by atoms with Gasteiger partial charge in [0.2, 0.25) is 0 Å². The molecule has 5 heteroatoms. The molecule has 0 spiro atoms. The summed E-state index contributed by atoms with van der Waals surface area (Å²) in [5.41, 5.74) is 1.59. The topological polar surface area (TPSA) is 46.6 Å². The molecule has 17 heavy (non-hydrogen) atoms. The first kappa shape index (κ1) is 12.1. The molecule has 0 saturated heterocycles. The minimum absolute atomic E-state index is 0.120. The lowest BCUT2D eigenvalue weighted by Crippen LogP contribution is -2.39. The second kappa shape index (κ2) is 4.49. The number of carbonyl (C=O) groups excluding carboxylic acids is 2. The van der Waals surface area contributed by atoms with E-state index in [4.69, 9.17) is 0 Å². The number of methoxy groups -OCH3 is 1. The van der Waals surface area contributed by atoms with E-state index in [9.17, 15) is 9.59 Å². The van der Waals surface area contributed by atoms with E-state index in [-0.39, 0.29) is 5.91 Å². The lowest BCUT2D eigenvalue weighted by atomic mass is 10.1. The van der Waals surface area contributed by atoms with E-state index in [1.54, 1.807) is 13.0 Å². The zero-order valence-electron chi connectivity index (χ0n) is 9.57. The second-order valence-electron chi connectivity index (χ2n) is 3.93. The summed E-state index contributed by atoms with van der Waals surface area (Å²) < 4.78 is 5.58. The molecule has 1 heterocycles. The Balaban J connectivity index is 2.28. The van der Waals surface area contributed by atoms with E-state index in [1.807, 2.05) is 12.1 Å².